The summed E-state index contributed by atoms with van der Waals surface area (Å²) in [7, 11) is 0. The molecule has 5 rings (SSSR count). The van der Waals surface area contributed by atoms with Gasteiger partial charge in [-0.1, -0.05) is 41.6 Å². The lowest BCUT2D eigenvalue weighted by Gasteiger charge is -2.39. The van der Waals surface area contributed by atoms with Crippen molar-refractivity contribution in [3.05, 3.63) is 77.5 Å². The molecule has 1 aliphatic rings. The zero-order chi connectivity index (χ0) is 23.9. The minimum absolute atomic E-state index is 0.0538. The Morgan fingerprint density at radius 1 is 1.09 bits per heavy atom. The zero-order valence-corrected chi connectivity index (χ0v) is 19.5. The quantitative estimate of drug-likeness (QED) is 0.444. The van der Waals surface area contributed by atoms with Gasteiger partial charge >= 0.3 is 6.09 Å². The number of benzene rings is 2. The molecule has 1 amide bonds. The number of halogens is 1. The molecule has 176 valence electrons. The fourth-order valence-corrected chi connectivity index (χ4v) is 4.16. The van der Waals surface area contributed by atoms with Crippen molar-refractivity contribution in [3.8, 4) is 0 Å². The summed E-state index contributed by atoms with van der Waals surface area (Å²) in [6.45, 7) is 7.40. The maximum atomic E-state index is 14.9. The number of hydrogen-bond acceptors (Lipinski definition) is 5. The molecule has 0 unspecified atom stereocenters. The van der Waals surface area contributed by atoms with Crippen LogP contribution in [0.2, 0.25) is 0 Å². The minimum Gasteiger partial charge on any atom is -0.444 e. The standard InChI is InChI=1S/C25H27FN6O2/c1-25(2,3)34-24(33)30-13-18(14-30)23-22-20(26)10-7-11-21(22)32(28-23)16-19-15-31(29-27-19)12-17-8-5-4-6-9-17/h4-11,15,18H,12-14,16H2,1-3H3. The number of carbonyl (C=O) groups excluding carboxylic acids is 1. The molecule has 1 fully saturated rings. The van der Waals surface area contributed by atoms with E-state index >= 15 is 0 Å². The molecular weight excluding hydrogens is 435 g/mol. The molecule has 4 aromatic rings. The first kappa shape index (κ1) is 22.1. The highest BCUT2D eigenvalue weighted by Gasteiger charge is 2.37. The third kappa shape index (κ3) is 4.50. The third-order valence-electron chi connectivity index (χ3n) is 5.76. The molecule has 0 aliphatic carbocycles. The topological polar surface area (TPSA) is 78.1 Å². The summed E-state index contributed by atoms with van der Waals surface area (Å²) in [4.78, 5) is 13.9. The summed E-state index contributed by atoms with van der Waals surface area (Å²) < 4.78 is 23.8. The van der Waals surface area contributed by atoms with Crippen LogP contribution in [0.1, 0.15) is 43.6 Å². The lowest BCUT2D eigenvalue weighted by Crippen LogP contribution is -2.50. The van der Waals surface area contributed by atoms with Crippen molar-refractivity contribution in [2.24, 2.45) is 0 Å². The fraction of sp³-hybridized carbons (Fsp3) is 0.360. The van der Waals surface area contributed by atoms with Crippen molar-refractivity contribution < 1.29 is 13.9 Å². The van der Waals surface area contributed by atoms with Gasteiger partial charge < -0.3 is 9.64 Å². The first-order valence-corrected chi connectivity index (χ1v) is 11.3. The Labute approximate surface area is 196 Å². The Morgan fingerprint density at radius 2 is 1.85 bits per heavy atom. The molecule has 8 nitrogen and oxygen atoms in total. The molecule has 0 N–H and O–H groups in total. The van der Waals surface area contributed by atoms with Crippen LogP contribution in [0.25, 0.3) is 10.9 Å². The van der Waals surface area contributed by atoms with Crippen LogP contribution in [-0.4, -0.2) is 54.5 Å². The Kier molecular flexibility index (Phi) is 5.55. The maximum Gasteiger partial charge on any atom is 0.410 e. The molecule has 0 saturated carbocycles. The van der Waals surface area contributed by atoms with Gasteiger partial charge in [-0.25, -0.2) is 13.9 Å². The molecule has 1 aliphatic heterocycles. The van der Waals surface area contributed by atoms with E-state index in [2.05, 4.69) is 10.3 Å². The summed E-state index contributed by atoms with van der Waals surface area (Å²) in [6, 6.07) is 15.0. The Balaban J connectivity index is 1.35. The van der Waals surface area contributed by atoms with Crippen molar-refractivity contribution in [3.63, 3.8) is 0 Å². The van der Waals surface area contributed by atoms with E-state index in [-0.39, 0.29) is 17.8 Å². The number of rotatable bonds is 5. The number of fused-ring (bicyclic) bond motifs is 1. The van der Waals surface area contributed by atoms with Gasteiger partial charge in [-0.3, -0.25) is 4.68 Å². The lowest BCUT2D eigenvalue weighted by molar-refractivity contribution is 0.00792. The van der Waals surface area contributed by atoms with Crippen molar-refractivity contribution in [2.75, 3.05) is 13.1 Å². The zero-order valence-electron chi connectivity index (χ0n) is 19.5. The van der Waals surface area contributed by atoms with Crippen LogP contribution in [0, 0.1) is 5.82 Å². The number of amides is 1. The van der Waals surface area contributed by atoms with Gasteiger partial charge in [-0.15, -0.1) is 5.10 Å². The van der Waals surface area contributed by atoms with Gasteiger partial charge in [0.2, 0.25) is 0 Å². The van der Waals surface area contributed by atoms with E-state index in [1.165, 1.54) is 6.07 Å². The SMILES string of the molecule is CC(C)(C)OC(=O)N1CC(c2nn(Cc3cn(Cc4ccccc4)nn3)c3cccc(F)c23)C1. The second-order valence-electron chi connectivity index (χ2n) is 9.65. The monoisotopic (exact) mass is 462 g/mol. The maximum absolute atomic E-state index is 14.9. The lowest BCUT2D eigenvalue weighted by atomic mass is 9.94. The van der Waals surface area contributed by atoms with Crippen LogP contribution >= 0.6 is 0 Å². The Bertz CT molecular complexity index is 1320. The van der Waals surface area contributed by atoms with Crippen molar-refractivity contribution in [2.45, 2.75) is 45.4 Å². The molecule has 3 heterocycles. The van der Waals surface area contributed by atoms with Gasteiger partial charge in [0.15, 0.2) is 0 Å². The second-order valence-corrected chi connectivity index (χ2v) is 9.65. The van der Waals surface area contributed by atoms with Crippen LogP contribution in [-0.2, 0) is 17.8 Å². The predicted molar refractivity (Wildman–Crippen MR) is 125 cm³/mol. The number of carbonyl (C=O) groups is 1. The number of nitrogens with zero attached hydrogens (tertiary/aromatic N) is 6. The molecule has 1 saturated heterocycles. The summed E-state index contributed by atoms with van der Waals surface area (Å²) >= 11 is 0. The molecule has 34 heavy (non-hydrogen) atoms. The Morgan fingerprint density at radius 3 is 2.59 bits per heavy atom. The summed E-state index contributed by atoms with van der Waals surface area (Å²) in [5, 5.41) is 13.8. The first-order valence-electron chi connectivity index (χ1n) is 11.3. The van der Waals surface area contributed by atoms with Gasteiger partial charge in [0, 0.05) is 19.0 Å². The smallest absolute Gasteiger partial charge is 0.410 e. The molecule has 0 atom stereocenters. The van der Waals surface area contributed by atoms with Crippen molar-refractivity contribution >= 4 is 17.0 Å². The molecule has 0 spiro atoms. The van der Waals surface area contributed by atoms with Gasteiger partial charge in [0.25, 0.3) is 0 Å². The minimum atomic E-state index is -0.555. The molecular formula is C25H27FN6O2. The van der Waals surface area contributed by atoms with E-state index in [9.17, 15) is 9.18 Å². The van der Waals surface area contributed by atoms with Crippen molar-refractivity contribution in [1.29, 1.82) is 0 Å². The van der Waals surface area contributed by atoms with Gasteiger partial charge in [-0.05, 0) is 38.5 Å². The Hall–Kier alpha value is -3.75. The average molecular weight is 463 g/mol. The highest BCUT2D eigenvalue weighted by molar-refractivity contribution is 5.84. The summed E-state index contributed by atoms with van der Waals surface area (Å²) in [5.41, 5.74) is 2.67. The third-order valence-corrected chi connectivity index (χ3v) is 5.76. The van der Waals surface area contributed by atoms with Crippen LogP contribution in [0.3, 0.4) is 0 Å². The van der Waals surface area contributed by atoms with Crippen LogP contribution in [0.15, 0.2) is 54.7 Å². The van der Waals surface area contributed by atoms with E-state index in [4.69, 9.17) is 9.84 Å². The van der Waals surface area contributed by atoms with E-state index in [1.807, 2.05) is 63.4 Å². The van der Waals surface area contributed by atoms with E-state index in [0.29, 0.717) is 42.8 Å². The number of likely N-dealkylation sites (tertiary alicyclic amines) is 1. The molecule has 2 aromatic carbocycles. The normalized spacial score (nSPS) is 14.4. The number of hydrogen-bond donors (Lipinski definition) is 0. The molecule has 9 heteroatoms. The molecule has 0 bridgehead atoms. The average Bonchev–Trinajstić information content (AvgIpc) is 3.32. The highest BCUT2D eigenvalue weighted by atomic mass is 19.1. The van der Waals surface area contributed by atoms with Crippen LogP contribution in [0.4, 0.5) is 9.18 Å². The highest BCUT2D eigenvalue weighted by Crippen LogP contribution is 2.34. The van der Waals surface area contributed by atoms with Crippen LogP contribution < -0.4 is 0 Å². The van der Waals surface area contributed by atoms with Gasteiger partial charge in [0.1, 0.15) is 17.1 Å². The van der Waals surface area contributed by atoms with Gasteiger partial charge in [0.05, 0.1) is 35.9 Å². The summed E-state index contributed by atoms with van der Waals surface area (Å²) in [6.07, 6.45) is 1.52. The first-order chi connectivity index (χ1) is 16.3. The number of ether oxygens (including phenoxy) is 1. The van der Waals surface area contributed by atoms with Crippen LogP contribution in [0.5, 0.6) is 0 Å². The fourth-order valence-electron chi connectivity index (χ4n) is 4.16. The summed E-state index contributed by atoms with van der Waals surface area (Å²) in [5.74, 6) is -0.371. The second kappa shape index (κ2) is 8.55. The molecule has 0 radical (unpaired) electrons. The van der Waals surface area contributed by atoms with Gasteiger partial charge in [-0.2, -0.15) is 5.10 Å². The van der Waals surface area contributed by atoms with E-state index in [1.54, 1.807) is 20.3 Å². The largest absolute Gasteiger partial charge is 0.444 e. The van der Waals surface area contributed by atoms with Crippen molar-refractivity contribution in [1.82, 2.24) is 29.7 Å². The number of aromatic nitrogens is 5. The predicted octanol–water partition coefficient (Wildman–Crippen LogP) is 4.20. The molecule has 2 aromatic heterocycles. The van der Waals surface area contributed by atoms with E-state index < -0.39 is 5.60 Å². The van der Waals surface area contributed by atoms with E-state index in [0.717, 1.165) is 11.3 Å².